The molecule has 146 valence electrons. The second-order valence-corrected chi connectivity index (χ2v) is 8.91. The Kier molecular flexibility index (Phi) is 4.74. The molecule has 0 saturated heterocycles. The average Bonchev–Trinajstić information content (AvgIpc) is 2.92. The quantitative estimate of drug-likeness (QED) is 0.436. The number of hydrogen-bond donors (Lipinski definition) is 1. The largest absolute Gasteiger partial charge is 0.478 e. The van der Waals surface area contributed by atoms with Crippen LogP contribution >= 0.6 is 15.9 Å². The molecule has 0 fully saturated rings. The minimum absolute atomic E-state index is 0.333. The molecule has 4 rings (SSSR count). The topological polar surface area (TPSA) is 37.3 Å². The van der Waals surface area contributed by atoms with Gasteiger partial charge in [0, 0.05) is 4.47 Å². The van der Waals surface area contributed by atoms with Gasteiger partial charge in [-0.05, 0) is 82.6 Å². The normalized spacial score (nSPS) is 17.0. The van der Waals surface area contributed by atoms with E-state index in [4.69, 9.17) is 0 Å². The van der Waals surface area contributed by atoms with Crippen molar-refractivity contribution in [1.29, 1.82) is 0 Å². The van der Waals surface area contributed by atoms with Gasteiger partial charge in [-0.25, -0.2) is 4.79 Å². The minimum Gasteiger partial charge on any atom is -0.478 e. The van der Waals surface area contributed by atoms with Gasteiger partial charge in [-0.1, -0.05) is 59.7 Å². The Bertz CT molecular complexity index is 1180. The number of hydrogen-bond acceptors (Lipinski definition) is 1. The summed E-state index contributed by atoms with van der Waals surface area (Å²) in [6.45, 7) is 10.4. The second kappa shape index (κ2) is 7.00. The fourth-order valence-corrected chi connectivity index (χ4v) is 5.48. The molecule has 29 heavy (non-hydrogen) atoms. The van der Waals surface area contributed by atoms with Crippen LogP contribution in [0.25, 0.3) is 11.1 Å². The lowest BCUT2D eigenvalue weighted by Gasteiger charge is -2.36. The Balaban J connectivity index is 2.24. The van der Waals surface area contributed by atoms with Gasteiger partial charge in [0.2, 0.25) is 0 Å². The lowest BCUT2D eigenvalue weighted by Crippen LogP contribution is -2.30. The zero-order chi connectivity index (χ0) is 20.9. The molecule has 3 aromatic rings. The summed E-state index contributed by atoms with van der Waals surface area (Å²) in [6.07, 6.45) is 0.650. The SMILES string of the molecule is C=C(C)CC1(c2ccc(C)cc2C)c2ccccc2-c2ccc(Br)c(C(=O)O)c21. The van der Waals surface area contributed by atoms with Crippen molar-refractivity contribution in [3.63, 3.8) is 0 Å². The van der Waals surface area contributed by atoms with Crippen molar-refractivity contribution in [1.82, 2.24) is 0 Å². The summed E-state index contributed by atoms with van der Waals surface area (Å²) >= 11 is 3.51. The van der Waals surface area contributed by atoms with Crippen molar-refractivity contribution in [3.8, 4) is 11.1 Å². The van der Waals surface area contributed by atoms with Crippen molar-refractivity contribution < 1.29 is 9.90 Å². The Morgan fingerprint density at radius 1 is 1.03 bits per heavy atom. The van der Waals surface area contributed by atoms with Crippen LogP contribution < -0.4 is 0 Å². The lowest BCUT2D eigenvalue weighted by atomic mass is 9.66. The third kappa shape index (κ3) is 2.87. The van der Waals surface area contributed by atoms with Crippen LogP contribution in [-0.2, 0) is 5.41 Å². The minimum atomic E-state index is -0.919. The van der Waals surface area contributed by atoms with Gasteiger partial charge in [0.25, 0.3) is 0 Å². The lowest BCUT2D eigenvalue weighted by molar-refractivity contribution is 0.0693. The van der Waals surface area contributed by atoms with Crippen LogP contribution in [0.1, 0.15) is 51.5 Å². The van der Waals surface area contributed by atoms with Crippen molar-refractivity contribution in [3.05, 3.63) is 105 Å². The number of halogens is 1. The van der Waals surface area contributed by atoms with E-state index in [-0.39, 0.29) is 0 Å². The molecular formula is C26H23BrO2. The van der Waals surface area contributed by atoms with E-state index in [9.17, 15) is 9.90 Å². The molecule has 1 unspecified atom stereocenters. The molecule has 2 nitrogen and oxygen atoms in total. The zero-order valence-electron chi connectivity index (χ0n) is 16.8. The standard InChI is InChI=1S/C26H23BrO2/c1-15(2)14-26(20-11-9-16(3)13-17(20)4)21-8-6-5-7-18(21)19-10-12-22(27)23(24(19)26)25(28)29/h5-13H,1,14H2,2-4H3,(H,28,29). The van der Waals surface area contributed by atoms with Gasteiger partial charge in [-0.15, -0.1) is 6.58 Å². The van der Waals surface area contributed by atoms with E-state index in [0.717, 1.165) is 39.0 Å². The number of aromatic carboxylic acids is 1. The van der Waals surface area contributed by atoms with E-state index in [1.807, 2.05) is 31.2 Å². The summed E-state index contributed by atoms with van der Waals surface area (Å²) < 4.78 is 0.604. The number of carboxylic acids is 1. The molecule has 0 amide bonds. The summed E-state index contributed by atoms with van der Waals surface area (Å²) in [5.74, 6) is -0.919. The van der Waals surface area contributed by atoms with Crippen molar-refractivity contribution in [2.75, 3.05) is 0 Å². The molecule has 0 heterocycles. The Hall–Kier alpha value is -2.65. The van der Waals surface area contributed by atoms with Crippen molar-refractivity contribution in [2.24, 2.45) is 0 Å². The number of benzene rings is 3. The van der Waals surface area contributed by atoms with Gasteiger partial charge >= 0.3 is 5.97 Å². The third-order valence-electron chi connectivity index (χ3n) is 5.88. The molecule has 0 saturated carbocycles. The van der Waals surface area contributed by atoms with Gasteiger partial charge in [-0.3, -0.25) is 0 Å². The Morgan fingerprint density at radius 2 is 1.76 bits per heavy atom. The summed E-state index contributed by atoms with van der Waals surface area (Å²) in [7, 11) is 0. The Morgan fingerprint density at radius 3 is 2.41 bits per heavy atom. The van der Waals surface area contributed by atoms with Gasteiger partial charge in [-0.2, -0.15) is 0 Å². The molecule has 0 spiro atoms. The smallest absolute Gasteiger partial charge is 0.337 e. The van der Waals surface area contributed by atoms with E-state index in [1.54, 1.807) is 0 Å². The van der Waals surface area contributed by atoms with E-state index >= 15 is 0 Å². The summed E-state index contributed by atoms with van der Waals surface area (Å²) in [5.41, 5.74) is 8.33. The van der Waals surface area contributed by atoms with Crippen molar-refractivity contribution in [2.45, 2.75) is 32.6 Å². The molecule has 0 bridgehead atoms. The van der Waals surface area contributed by atoms with Gasteiger partial charge < -0.3 is 5.11 Å². The number of rotatable bonds is 4. The molecule has 1 aliphatic carbocycles. The molecule has 3 heteroatoms. The number of carbonyl (C=O) groups is 1. The van der Waals surface area contributed by atoms with Gasteiger partial charge in [0.1, 0.15) is 0 Å². The first-order chi connectivity index (χ1) is 13.8. The summed E-state index contributed by atoms with van der Waals surface area (Å²) in [4.78, 5) is 12.4. The molecule has 1 N–H and O–H groups in total. The summed E-state index contributed by atoms with van der Waals surface area (Å²) in [6, 6.07) is 18.6. The van der Waals surface area contributed by atoms with Crippen molar-refractivity contribution >= 4 is 21.9 Å². The number of carboxylic acid groups (broad SMARTS) is 1. The van der Waals surface area contributed by atoms with Crippen LogP contribution in [0.2, 0.25) is 0 Å². The maximum Gasteiger partial charge on any atom is 0.337 e. The third-order valence-corrected chi connectivity index (χ3v) is 6.54. The van der Waals surface area contributed by atoms with Gasteiger partial charge in [0.05, 0.1) is 11.0 Å². The fraction of sp³-hybridized carbons (Fsp3) is 0.192. The van der Waals surface area contributed by atoms with E-state index in [0.29, 0.717) is 16.5 Å². The molecule has 1 aliphatic rings. The van der Waals surface area contributed by atoms with Gasteiger partial charge in [0.15, 0.2) is 0 Å². The van der Waals surface area contributed by atoms with Crippen LogP contribution in [0.15, 0.2) is 71.2 Å². The highest BCUT2D eigenvalue weighted by Crippen LogP contribution is 2.57. The Labute approximate surface area is 180 Å². The zero-order valence-corrected chi connectivity index (χ0v) is 18.4. The highest BCUT2D eigenvalue weighted by Gasteiger charge is 2.48. The monoisotopic (exact) mass is 446 g/mol. The molecule has 0 radical (unpaired) electrons. The predicted octanol–water partition coefficient (Wildman–Crippen LogP) is 7.05. The second-order valence-electron chi connectivity index (χ2n) is 8.05. The predicted molar refractivity (Wildman–Crippen MR) is 122 cm³/mol. The first kappa shape index (κ1) is 19.7. The first-order valence-corrected chi connectivity index (χ1v) is 10.4. The van der Waals surface area contributed by atoms with Crippen LogP contribution in [0.4, 0.5) is 0 Å². The summed E-state index contributed by atoms with van der Waals surface area (Å²) in [5, 5.41) is 10.2. The number of allylic oxidation sites excluding steroid dienone is 1. The van der Waals surface area contributed by atoms with E-state index in [2.05, 4.69) is 66.7 Å². The maximum atomic E-state index is 12.4. The van der Waals surface area contributed by atoms with Crippen LogP contribution in [-0.4, -0.2) is 11.1 Å². The highest BCUT2D eigenvalue weighted by atomic mass is 79.9. The van der Waals surface area contributed by atoms with E-state index < -0.39 is 11.4 Å². The van der Waals surface area contributed by atoms with Crippen LogP contribution in [0.3, 0.4) is 0 Å². The highest BCUT2D eigenvalue weighted by molar-refractivity contribution is 9.10. The van der Waals surface area contributed by atoms with E-state index in [1.165, 1.54) is 5.56 Å². The van der Waals surface area contributed by atoms with Crippen LogP contribution in [0, 0.1) is 13.8 Å². The molecule has 0 aliphatic heterocycles. The molecule has 1 atom stereocenters. The number of aryl methyl sites for hydroxylation is 2. The molecule has 0 aromatic heterocycles. The average molecular weight is 447 g/mol. The molecular weight excluding hydrogens is 424 g/mol. The fourth-order valence-electron chi connectivity index (χ4n) is 4.98. The maximum absolute atomic E-state index is 12.4. The van der Waals surface area contributed by atoms with Crippen LogP contribution in [0.5, 0.6) is 0 Å². The molecule has 3 aromatic carbocycles. The number of fused-ring (bicyclic) bond motifs is 3. The first-order valence-electron chi connectivity index (χ1n) is 9.65.